The Hall–Kier alpha value is -3.52. The molecule has 38 heavy (non-hydrogen) atoms. The van der Waals surface area contributed by atoms with Crippen LogP contribution < -0.4 is 14.2 Å². The van der Waals surface area contributed by atoms with Gasteiger partial charge in [-0.1, -0.05) is 45.4 Å². The molecule has 1 aliphatic heterocycles. The summed E-state index contributed by atoms with van der Waals surface area (Å²) < 4.78 is 17.1. The zero-order valence-corrected chi connectivity index (χ0v) is 23.2. The van der Waals surface area contributed by atoms with Crippen LogP contribution in [0.2, 0.25) is 0 Å². The number of ketones is 1. The second-order valence-corrected chi connectivity index (χ2v) is 9.09. The number of likely N-dealkylation sites (N-methyl/N-ethyl adjacent to an activating group) is 1. The van der Waals surface area contributed by atoms with Crippen molar-refractivity contribution >= 4 is 17.4 Å². The van der Waals surface area contributed by atoms with Crippen LogP contribution in [-0.4, -0.2) is 73.1 Å². The van der Waals surface area contributed by atoms with Crippen LogP contribution >= 0.6 is 0 Å². The number of ether oxygens (including phenoxy) is 3. The molecule has 1 atom stereocenters. The molecule has 2 aromatic carbocycles. The second kappa shape index (κ2) is 13.9. The molecule has 1 fully saturated rings. The Labute approximate surface area is 225 Å². The van der Waals surface area contributed by atoms with E-state index in [0.717, 1.165) is 25.9 Å². The fraction of sp³-hybridized carbons (Fsp3) is 0.467. The average molecular weight is 525 g/mol. The number of carbonyl (C=O) groups is 2. The minimum atomic E-state index is -0.778. The van der Waals surface area contributed by atoms with Crippen molar-refractivity contribution in [3.63, 3.8) is 0 Å². The maximum absolute atomic E-state index is 13.4. The highest BCUT2D eigenvalue weighted by atomic mass is 16.5. The standard InChI is InChI=1S/C30H40N2O6/c1-6-10-18-38-24-15-14-21(20-25(24)36-5)27-26(28(33)22-12-11-13-23(19-22)37-9-4)29(34)30(35)32(27)17-16-31(7-2)8-3/h11-15,19-20,27,33H,6-10,16-18H2,1-5H3. The number of carbonyl (C=O) groups excluding carboxylic acids is 2. The van der Waals surface area contributed by atoms with Crippen LogP contribution in [-0.2, 0) is 9.59 Å². The van der Waals surface area contributed by atoms with Gasteiger partial charge in [0, 0.05) is 18.7 Å². The number of likely N-dealkylation sites (tertiary alicyclic amines) is 1. The lowest BCUT2D eigenvalue weighted by Crippen LogP contribution is -2.38. The Kier molecular flexibility index (Phi) is 10.6. The monoisotopic (exact) mass is 524 g/mol. The van der Waals surface area contributed by atoms with E-state index in [2.05, 4.69) is 25.7 Å². The smallest absolute Gasteiger partial charge is 0.295 e. The van der Waals surface area contributed by atoms with Crippen LogP contribution in [0.4, 0.5) is 0 Å². The molecule has 8 heteroatoms. The van der Waals surface area contributed by atoms with Gasteiger partial charge in [0.25, 0.3) is 11.7 Å². The number of nitrogens with zero attached hydrogens (tertiary/aromatic N) is 2. The number of aliphatic hydroxyl groups is 1. The third-order valence-electron chi connectivity index (χ3n) is 6.77. The number of methoxy groups -OCH3 is 1. The molecule has 0 aromatic heterocycles. The third-order valence-corrected chi connectivity index (χ3v) is 6.77. The SMILES string of the molecule is CCCCOc1ccc(C2C(=C(O)c3cccc(OCC)c3)C(=O)C(=O)N2CCN(CC)CC)cc1OC. The zero-order valence-electron chi connectivity index (χ0n) is 23.2. The topological polar surface area (TPSA) is 88.5 Å². The first-order valence-electron chi connectivity index (χ1n) is 13.4. The van der Waals surface area contributed by atoms with Gasteiger partial charge in [-0.05, 0) is 56.3 Å². The second-order valence-electron chi connectivity index (χ2n) is 9.09. The Morgan fingerprint density at radius 2 is 1.76 bits per heavy atom. The molecule has 0 aliphatic carbocycles. The molecule has 3 rings (SSSR count). The average Bonchev–Trinajstić information content (AvgIpc) is 3.19. The van der Waals surface area contributed by atoms with Crippen molar-refractivity contribution in [3.05, 3.63) is 59.2 Å². The summed E-state index contributed by atoms with van der Waals surface area (Å²) in [4.78, 5) is 30.5. The van der Waals surface area contributed by atoms with E-state index in [-0.39, 0.29) is 11.3 Å². The van der Waals surface area contributed by atoms with E-state index < -0.39 is 17.7 Å². The highest BCUT2D eigenvalue weighted by molar-refractivity contribution is 6.46. The maximum Gasteiger partial charge on any atom is 0.295 e. The fourth-order valence-electron chi connectivity index (χ4n) is 4.60. The lowest BCUT2D eigenvalue weighted by Gasteiger charge is -2.28. The molecule has 0 spiro atoms. The van der Waals surface area contributed by atoms with Crippen LogP contribution in [0.15, 0.2) is 48.0 Å². The van der Waals surface area contributed by atoms with Gasteiger partial charge in [0.05, 0.1) is 31.9 Å². The number of amides is 1. The van der Waals surface area contributed by atoms with E-state index in [1.54, 1.807) is 48.4 Å². The molecule has 2 aromatic rings. The predicted octanol–water partition coefficient (Wildman–Crippen LogP) is 5.04. The predicted molar refractivity (Wildman–Crippen MR) is 148 cm³/mol. The fourth-order valence-corrected chi connectivity index (χ4v) is 4.60. The Balaban J connectivity index is 2.11. The van der Waals surface area contributed by atoms with Crippen LogP contribution in [0, 0.1) is 0 Å². The molecular weight excluding hydrogens is 484 g/mol. The molecule has 206 valence electrons. The van der Waals surface area contributed by atoms with Crippen molar-refractivity contribution in [1.29, 1.82) is 0 Å². The molecule has 1 amide bonds. The largest absolute Gasteiger partial charge is 0.507 e. The highest BCUT2D eigenvalue weighted by Gasteiger charge is 2.46. The van der Waals surface area contributed by atoms with Crippen molar-refractivity contribution in [2.75, 3.05) is 46.5 Å². The zero-order chi connectivity index (χ0) is 27.7. The van der Waals surface area contributed by atoms with Gasteiger partial charge in [-0.15, -0.1) is 0 Å². The van der Waals surface area contributed by atoms with Gasteiger partial charge >= 0.3 is 0 Å². The van der Waals surface area contributed by atoms with Gasteiger partial charge in [0.15, 0.2) is 11.5 Å². The summed E-state index contributed by atoms with van der Waals surface area (Å²) in [6.07, 6.45) is 1.92. The highest BCUT2D eigenvalue weighted by Crippen LogP contribution is 2.42. The normalized spacial score (nSPS) is 16.8. The van der Waals surface area contributed by atoms with E-state index in [0.29, 0.717) is 54.7 Å². The lowest BCUT2D eigenvalue weighted by atomic mass is 9.95. The first-order chi connectivity index (χ1) is 18.4. The Morgan fingerprint density at radius 3 is 2.42 bits per heavy atom. The Morgan fingerprint density at radius 1 is 1.00 bits per heavy atom. The van der Waals surface area contributed by atoms with Gasteiger partial charge in [0.1, 0.15) is 11.5 Å². The van der Waals surface area contributed by atoms with Crippen LogP contribution in [0.3, 0.4) is 0 Å². The molecule has 1 N–H and O–H groups in total. The van der Waals surface area contributed by atoms with Crippen LogP contribution in [0.5, 0.6) is 17.2 Å². The number of rotatable bonds is 14. The van der Waals surface area contributed by atoms with Crippen molar-refractivity contribution in [3.8, 4) is 17.2 Å². The lowest BCUT2D eigenvalue weighted by molar-refractivity contribution is -0.140. The van der Waals surface area contributed by atoms with E-state index in [1.807, 2.05) is 13.0 Å². The third kappa shape index (κ3) is 6.48. The minimum absolute atomic E-state index is 0.0462. The first kappa shape index (κ1) is 29.0. The molecule has 0 bridgehead atoms. The van der Waals surface area contributed by atoms with Crippen LogP contribution in [0.25, 0.3) is 5.76 Å². The van der Waals surface area contributed by atoms with Gasteiger partial charge < -0.3 is 29.1 Å². The molecule has 0 saturated carbocycles. The molecule has 1 saturated heterocycles. The van der Waals surface area contributed by atoms with E-state index in [4.69, 9.17) is 14.2 Å². The number of aliphatic hydroxyl groups excluding tert-OH is 1. The van der Waals surface area contributed by atoms with Crippen molar-refractivity contribution in [2.24, 2.45) is 0 Å². The van der Waals surface area contributed by atoms with Gasteiger partial charge in [0.2, 0.25) is 0 Å². The molecule has 1 aliphatic rings. The van der Waals surface area contributed by atoms with E-state index in [9.17, 15) is 14.7 Å². The van der Waals surface area contributed by atoms with E-state index in [1.165, 1.54) is 0 Å². The number of unbranched alkanes of at least 4 members (excludes halogenated alkanes) is 1. The van der Waals surface area contributed by atoms with Gasteiger partial charge in [-0.25, -0.2) is 0 Å². The summed E-state index contributed by atoms with van der Waals surface area (Å²) in [6, 6.07) is 11.5. The van der Waals surface area contributed by atoms with Gasteiger partial charge in [-0.2, -0.15) is 0 Å². The summed E-state index contributed by atoms with van der Waals surface area (Å²) >= 11 is 0. The summed E-state index contributed by atoms with van der Waals surface area (Å²) in [7, 11) is 1.56. The van der Waals surface area contributed by atoms with Gasteiger partial charge in [-0.3, -0.25) is 9.59 Å². The number of Topliss-reactive ketones (excluding diaryl/α,β-unsaturated/α-hetero) is 1. The van der Waals surface area contributed by atoms with Crippen molar-refractivity contribution < 1.29 is 28.9 Å². The summed E-state index contributed by atoms with van der Waals surface area (Å²) in [5.74, 6) is 0.0880. The van der Waals surface area contributed by atoms with E-state index >= 15 is 0 Å². The minimum Gasteiger partial charge on any atom is -0.507 e. The maximum atomic E-state index is 13.4. The number of hydrogen-bond donors (Lipinski definition) is 1. The molecular formula is C30H40N2O6. The molecule has 0 radical (unpaired) electrons. The summed E-state index contributed by atoms with van der Waals surface area (Å²) in [5, 5.41) is 11.4. The number of hydrogen-bond acceptors (Lipinski definition) is 7. The van der Waals surface area contributed by atoms with Crippen molar-refractivity contribution in [2.45, 2.75) is 46.6 Å². The quantitative estimate of drug-likeness (QED) is 0.160. The molecule has 8 nitrogen and oxygen atoms in total. The first-order valence-corrected chi connectivity index (χ1v) is 13.4. The van der Waals surface area contributed by atoms with Crippen LogP contribution in [0.1, 0.15) is 57.7 Å². The summed E-state index contributed by atoms with van der Waals surface area (Å²) in [6.45, 7) is 11.7. The summed E-state index contributed by atoms with van der Waals surface area (Å²) in [5.41, 5.74) is 1.12. The Bertz CT molecular complexity index is 1140. The van der Waals surface area contributed by atoms with Crippen molar-refractivity contribution in [1.82, 2.24) is 9.80 Å². The molecule has 1 unspecified atom stereocenters. The number of benzene rings is 2. The molecule has 1 heterocycles.